The lowest BCUT2D eigenvalue weighted by molar-refractivity contribution is -0.120. The second kappa shape index (κ2) is 9.79. The number of hydrogen-bond acceptors (Lipinski definition) is 3. The molecule has 164 valence electrons. The summed E-state index contributed by atoms with van der Waals surface area (Å²) in [5.41, 5.74) is 4.14. The van der Waals surface area contributed by atoms with Crippen molar-refractivity contribution in [1.82, 2.24) is 9.88 Å². The van der Waals surface area contributed by atoms with Crippen molar-refractivity contribution < 1.29 is 14.3 Å². The fourth-order valence-corrected chi connectivity index (χ4v) is 3.91. The van der Waals surface area contributed by atoms with Crippen molar-refractivity contribution in [3.05, 3.63) is 94.6 Å². The number of nitrogens with zero attached hydrogens (tertiary/aromatic N) is 1. The molecule has 32 heavy (non-hydrogen) atoms. The average Bonchev–Trinajstić information content (AvgIpc) is 3.15. The molecule has 0 bridgehead atoms. The van der Waals surface area contributed by atoms with E-state index in [1.54, 1.807) is 14.2 Å². The van der Waals surface area contributed by atoms with Crippen LogP contribution < -0.4 is 14.8 Å². The first-order valence-electron chi connectivity index (χ1n) is 10.4. The van der Waals surface area contributed by atoms with Crippen molar-refractivity contribution in [3.8, 4) is 11.5 Å². The number of nitrogens with one attached hydrogen (secondary N) is 1. The summed E-state index contributed by atoms with van der Waals surface area (Å²) in [5, 5.41) is 4.75. The zero-order valence-corrected chi connectivity index (χ0v) is 18.9. The fraction of sp³-hybridized carbons (Fsp3) is 0.192. The van der Waals surface area contributed by atoms with E-state index in [4.69, 9.17) is 21.1 Å². The lowest BCUT2D eigenvalue weighted by atomic mass is 10.1. The van der Waals surface area contributed by atoms with E-state index in [1.807, 2.05) is 54.6 Å². The van der Waals surface area contributed by atoms with Crippen molar-refractivity contribution in [3.63, 3.8) is 0 Å². The highest BCUT2D eigenvalue weighted by Gasteiger charge is 2.13. The zero-order valence-electron chi connectivity index (χ0n) is 18.1. The van der Waals surface area contributed by atoms with Gasteiger partial charge in [0, 0.05) is 41.3 Å². The second-order valence-electron chi connectivity index (χ2n) is 7.60. The molecule has 0 radical (unpaired) electrons. The van der Waals surface area contributed by atoms with Gasteiger partial charge in [0.1, 0.15) is 11.5 Å². The molecular formula is C26H25ClN2O3. The molecule has 0 unspecified atom stereocenters. The Kier molecular flexibility index (Phi) is 6.66. The number of rotatable bonds is 8. The van der Waals surface area contributed by atoms with Gasteiger partial charge in [0.15, 0.2) is 0 Å². The highest BCUT2D eigenvalue weighted by molar-refractivity contribution is 6.30. The quantitative estimate of drug-likeness (QED) is 0.402. The standard InChI is InChI=1S/C26H25ClN2O3/c1-31-22-11-19(12-23(14-22)32-2)16-29-17-20(24-5-3-4-6-25(24)29)13-26(30)28-15-18-7-9-21(27)10-8-18/h3-12,14,17H,13,15-16H2,1-2H3,(H,28,30). The molecule has 0 atom stereocenters. The summed E-state index contributed by atoms with van der Waals surface area (Å²) in [6.45, 7) is 1.11. The van der Waals surface area contributed by atoms with E-state index in [0.717, 1.165) is 39.1 Å². The molecule has 0 saturated carbocycles. The highest BCUT2D eigenvalue weighted by Crippen LogP contribution is 2.26. The molecule has 0 aliphatic carbocycles. The van der Waals surface area contributed by atoms with E-state index in [9.17, 15) is 4.79 Å². The van der Waals surface area contributed by atoms with Crippen LogP contribution in [0.25, 0.3) is 10.9 Å². The third-order valence-corrected chi connectivity index (χ3v) is 5.64. The number of fused-ring (bicyclic) bond motifs is 1. The number of carbonyl (C=O) groups is 1. The molecule has 0 spiro atoms. The van der Waals surface area contributed by atoms with Crippen molar-refractivity contribution >= 4 is 28.4 Å². The summed E-state index contributed by atoms with van der Waals surface area (Å²) in [5.74, 6) is 1.47. The number of para-hydroxylation sites is 1. The summed E-state index contributed by atoms with van der Waals surface area (Å²) in [4.78, 5) is 12.7. The maximum Gasteiger partial charge on any atom is 0.224 e. The number of amides is 1. The van der Waals surface area contributed by atoms with E-state index in [1.165, 1.54) is 0 Å². The van der Waals surface area contributed by atoms with Crippen LogP contribution in [0.4, 0.5) is 0 Å². The van der Waals surface area contributed by atoms with Crippen molar-refractivity contribution in [2.45, 2.75) is 19.5 Å². The monoisotopic (exact) mass is 448 g/mol. The lowest BCUT2D eigenvalue weighted by Gasteiger charge is -2.10. The molecule has 1 N–H and O–H groups in total. The summed E-state index contributed by atoms with van der Waals surface area (Å²) in [7, 11) is 3.29. The first-order valence-corrected chi connectivity index (χ1v) is 10.7. The highest BCUT2D eigenvalue weighted by atomic mass is 35.5. The number of carbonyl (C=O) groups excluding carboxylic acids is 1. The molecule has 0 aliphatic rings. The molecular weight excluding hydrogens is 424 g/mol. The van der Waals surface area contributed by atoms with Gasteiger partial charge in [-0.1, -0.05) is 41.9 Å². The van der Waals surface area contributed by atoms with Crippen molar-refractivity contribution in [1.29, 1.82) is 0 Å². The Labute approximate surface area is 192 Å². The summed E-state index contributed by atoms with van der Waals surface area (Å²) >= 11 is 5.93. The van der Waals surface area contributed by atoms with Crippen LogP contribution in [0.2, 0.25) is 5.02 Å². The van der Waals surface area contributed by atoms with E-state index in [2.05, 4.69) is 28.2 Å². The Morgan fingerprint density at radius 2 is 1.62 bits per heavy atom. The number of hydrogen-bond donors (Lipinski definition) is 1. The predicted octanol–water partition coefficient (Wildman–Crippen LogP) is 5.22. The summed E-state index contributed by atoms with van der Waals surface area (Å²) in [6.07, 6.45) is 2.36. The zero-order chi connectivity index (χ0) is 22.5. The summed E-state index contributed by atoms with van der Waals surface area (Å²) < 4.78 is 13.0. The van der Waals surface area contributed by atoms with E-state index < -0.39 is 0 Å². The maximum absolute atomic E-state index is 12.7. The number of halogens is 1. The number of methoxy groups -OCH3 is 2. The van der Waals surface area contributed by atoms with Gasteiger partial charge in [-0.25, -0.2) is 0 Å². The van der Waals surface area contributed by atoms with Gasteiger partial charge in [-0.05, 0) is 47.0 Å². The summed E-state index contributed by atoms with van der Waals surface area (Å²) in [6, 6.07) is 21.5. The topological polar surface area (TPSA) is 52.5 Å². The van der Waals surface area contributed by atoms with Gasteiger partial charge < -0.3 is 19.4 Å². The molecule has 4 rings (SSSR count). The number of benzene rings is 3. The third-order valence-electron chi connectivity index (χ3n) is 5.39. The van der Waals surface area contributed by atoms with Crippen LogP contribution in [0.5, 0.6) is 11.5 Å². The third kappa shape index (κ3) is 5.06. The molecule has 0 fully saturated rings. The van der Waals surface area contributed by atoms with Crippen LogP contribution >= 0.6 is 11.6 Å². The van der Waals surface area contributed by atoms with Gasteiger partial charge in [-0.3, -0.25) is 4.79 Å². The average molecular weight is 449 g/mol. The normalized spacial score (nSPS) is 10.8. The van der Waals surface area contributed by atoms with Gasteiger partial charge in [0.05, 0.1) is 20.6 Å². The SMILES string of the molecule is COc1cc(Cn2cc(CC(=O)NCc3ccc(Cl)cc3)c3ccccc32)cc(OC)c1. The van der Waals surface area contributed by atoms with Crippen LogP contribution in [-0.2, 0) is 24.3 Å². The molecule has 1 amide bonds. The molecule has 4 aromatic rings. The molecule has 6 heteroatoms. The predicted molar refractivity (Wildman–Crippen MR) is 128 cm³/mol. The first-order chi connectivity index (χ1) is 15.6. The van der Waals surface area contributed by atoms with Crippen molar-refractivity contribution in [2.75, 3.05) is 14.2 Å². The Balaban J connectivity index is 1.53. The van der Waals surface area contributed by atoms with Crippen LogP contribution in [-0.4, -0.2) is 24.7 Å². The molecule has 5 nitrogen and oxygen atoms in total. The molecule has 0 saturated heterocycles. The fourth-order valence-electron chi connectivity index (χ4n) is 3.79. The van der Waals surface area contributed by atoms with E-state index in [0.29, 0.717) is 24.5 Å². The number of aromatic nitrogens is 1. The molecule has 0 aliphatic heterocycles. The maximum atomic E-state index is 12.7. The van der Waals surface area contributed by atoms with Gasteiger partial charge in [-0.15, -0.1) is 0 Å². The minimum Gasteiger partial charge on any atom is -0.497 e. The van der Waals surface area contributed by atoms with Crippen LogP contribution in [0, 0.1) is 0 Å². The molecule has 1 aromatic heterocycles. The number of ether oxygens (including phenoxy) is 2. The Morgan fingerprint density at radius 1 is 0.938 bits per heavy atom. The lowest BCUT2D eigenvalue weighted by Crippen LogP contribution is -2.24. The van der Waals surface area contributed by atoms with Crippen molar-refractivity contribution in [2.24, 2.45) is 0 Å². The van der Waals surface area contributed by atoms with Crippen LogP contribution in [0.3, 0.4) is 0 Å². The van der Waals surface area contributed by atoms with Crippen LogP contribution in [0.1, 0.15) is 16.7 Å². The van der Waals surface area contributed by atoms with Gasteiger partial charge in [-0.2, -0.15) is 0 Å². The van der Waals surface area contributed by atoms with E-state index >= 15 is 0 Å². The van der Waals surface area contributed by atoms with E-state index in [-0.39, 0.29) is 5.91 Å². The second-order valence-corrected chi connectivity index (χ2v) is 8.04. The largest absolute Gasteiger partial charge is 0.497 e. The first kappa shape index (κ1) is 21.8. The molecule has 1 heterocycles. The van der Waals surface area contributed by atoms with Gasteiger partial charge >= 0.3 is 0 Å². The van der Waals surface area contributed by atoms with Crippen LogP contribution in [0.15, 0.2) is 72.9 Å². The Hall–Kier alpha value is -3.44. The minimum atomic E-state index is -0.0223. The smallest absolute Gasteiger partial charge is 0.224 e. The van der Waals surface area contributed by atoms with Gasteiger partial charge in [0.2, 0.25) is 5.91 Å². The molecule has 3 aromatic carbocycles. The van der Waals surface area contributed by atoms with Gasteiger partial charge in [0.25, 0.3) is 0 Å². The Bertz CT molecular complexity index is 1210. The Morgan fingerprint density at radius 3 is 2.31 bits per heavy atom. The minimum absolute atomic E-state index is 0.0223.